The average Bonchev–Trinajstić information content (AvgIpc) is 3.15. The second kappa shape index (κ2) is 9.17. The molecule has 28 heavy (non-hydrogen) atoms. The maximum atomic E-state index is 12.7. The lowest BCUT2D eigenvalue weighted by Gasteiger charge is -2.25. The van der Waals surface area contributed by atoms with E-state index in [0.29, 0.717) is 28.0 Å². The van der Waals surface area contributed by atoms with Crippen molar-refractivity contribution in [3.63, 3.8) is 0 Å². The van der Waals surface area contributed by atoms with Gasteiger partial charge in [0.2, 0.25) is 5.91 Å². The first kappa shape index (κ1) is 20.3. The van der Waals surface area contributed by atoms with Gasteiger partial charge < -0.3 is 19.5 Å². The number of likely N-dealkylation sites (tertiary alicyclic amines) is 1. The first-order chi connectivity index (χ1) is 13.5. The summed E-state index contributed by atoms with van der Waals surface area (Å²) in [5.74, 6) is 1.87. The molecule has 1 atom stereocenters. The summed E-state index contributed by atoms with van der Waals surface area (Å²) in [7, 11) is 4.81. The standard InChI is InChI=1S/C21H25ClN2O4/c1-26-18-9-7-15(22)12-16(18)23-21(25)13-24-10-4-5-17(24)14-6-8-19(27-2)20(11-14)28-3/h6-9,11-12,17H,4-5,10,13H2,1-3H3,(H,23,25). The Morgan fingerprint density at radius 2 is 1.79 bits per heavy atom. The summed E-state index contributed by atoms with van der Waals surface area (Å²) < 4.78 is 16.0. The van der Waals surface area contributed by atoms with Gasteiger partial charge in [0.15, 0.2) is 11.5 Å². The van der Waals surface area contributed by atoms with E-state index in [4.69, 9.17) is 25.8 Å². The van der Waals surface area contributed by atoms with Crippen molar-refractivity contribution < 1.29 is 19.0 Å². The van der Waals surface area contributed by atoms with Crippen LogP contribution in [0, 0.1) is 0 Å². The number of benzene rings is 2. The summed E-state index contributed by atoms with van der Waals surface area (Å²) >= 11 is 6.04. The third-order valence-corrected chi connectivity index (χ3v) is 5.17. The van der Waals surface area contributed by atoms with E-state index in [9.17, 15) is 4.79 Å². The van der Waals surface area contributed by atoms with Crippen molar-refractivity contribution in [1.29, 1.82) is 0 Å². The predicted molar refractivity (Wildman–Crippen MR) is 110 cm³/mol. The lowest BCUT2D eigenvalue weighted by atomic mass is 10.0. The SMILES string of the molecule is COc1ccc(Cl)cc1NC(=O)CN1CCCC1c1ccc(OC)c(OC)c1. The molecule has 7 heteroatoms. The molecule has 0 spiro atoms. The molecule has 2 aromatic rings. The van der Waals surface area contributed by atoms with Gasteiger partial charge in [-0.25, -0.2) is 0 Å². The van der Waals surface area contributed by atoms with E-state index >= 15 is 0 Å². The van der Waals surface area contributed by atoms with E-state index < -0.39 is 0 Å². The van der Waals surface area contributed by atoms with Gasteiger partial charge in [0.25, 0.3) is 0 Å². The lowest BCUT2D eigenvalue weighted by Crippen LogP contribution is -2.33. The molecule has 1 aliphatic rings. The minimum atomic E-state index is -0.104. The Bertz CT molecular complexity index is 843. The lowest BCUT2D eigenvalue weighted by molar-refractivity contribution is -0.117. The fourth-order valence-corrected chi connectivity index (χ4v) is 3.78. The normalized spacial score (nSPS) is 16.6. The van der Waals surface area contributed by atoms with Crippen LogP contribution in [0.25, 0.3) is 0 Å². The number of carbonyl (C=O) groups excluding carboxylic acids is 1. The highest BCUT2D eigenvalue weighted by Crippen LogP contribution is 2.37. The quantitative estimate of drug-likeness (QED) is 0.751. The van der Waals surface area contributed by atoms with Crippen LogP contribution in [0.3, 0.4) is 0 Å². The van der Waals surface area contributed by atoms with Crippen molar-refractivity contribution in [2.75, 3.05) is 39.7 Å². The minimum Gasteiger partial charge on any atom is -0.495 e. The van der Waals surface area contributed by atoms with E-state index in [0.717, 1.165) is 24.9 Å². The summed E-state index contributed by atoms with van der Waals surface area (Å²) in [6.45, 7) is 1.15. The van der Waals surface area contributed by atoms with Gasteiger partial charge in [-0.2, -0.15) is 0 Å². The number of nitrogens with one attached hydrogen (secondary N) is 1. The van der Waals surface area contributed by atoms with Crippen LogP contribution < -0.4 is 19.5 Å². The summed E-state index contributed by atoms with van der Waals surface area (Å²) in [5, 5.41) is 3.45. The summed E-state index contributed by atoms with van der Waals surface area (Å²) in [5.41, 5.74) is 1.69. The first-order valence-electron chi connectivity index (χ1n) is 9.15. The Morgan fingerprint density at radius 3 is 2.50 bits per heavy atom. The topological polar surface area (TPSA) is 60.0 Å². The van der Waals surface area contributed by atoms with E-state index in [-0.39, 0.29) is 18.5 Å². The second-order valence-electron chi connectivity index (χ2n) is 6.64. The van der Waals surface area contributed by atoms with Gasteiger partial charge in [-0.3, -0.25) is 9.69 Å². The van der Waals surface area contributed by atoms with Crippen LogP contribution in [0.1, 0.15) is 24.4 Å². The van der Waals surface area contributed by atoms with E-state index in [1.54, 1.807) is 39.5 Å². The molecule has 0 aromatic heterocycles. The molecular formula is C21H25ClN2O4. The van der Waals surface area contributed by atoms with Crippen LogP contribution in [0.15, 0.2) is 36.4 Å². The zero-order chi connectivity index (χ0) is 20.1. The van der Waals surface area contributed by atoms with Crippen molar-refractivity contribution in [3.8, 4) is 17.2 Å². The fourth-order valence-electron chi connectivity index (χ4n) is 3.61. The number of nitrogens with zero attached hydrogens (tertiary/aromatic N) is 1. The van der Waals surface area contributed by atoms with E-state index in [1.807, 2.05) is 18.2 Å². The minimum absolute atomic E-state index is 0.104. The Labute approximate surface area is 170 Å². The molecule has 0 radical (unpaired) electrons. The second-order valence-corrected chi connectivity index (χ2v) is 7.07. The first-order valence-corrected chi connectivity index (χ1v) is 9.53. The smallest absolute Gasteiger partial charge is 0.238 e. The van der Waals surface area contributed by atoms with E-state index in [1.165, 1.54) is 0 Å². The highest BCUT2D eigenvalue weighted by atomic mass is 35.5. The molecule has 150 valence electrons. The number of hydrogen-bond donors (Lipinski definition) is 1. The maximum absolute atomic E-state index is 12.7. The van der Waals surface area contributed by atoms with Gasteiger partial charge in [0, 0.05) is 11.1 Å². The van der Waals surface area contributed by atoms with Crippen molar-refractivity contribution >= 4 is 23.2 Å². The number of carbonyl (C=O) groups is 1. The van der Waals surface area contributed by atoms with E-state index in [2.05, 4.69) is 10.2 Å². The van der Waals surface area contributed by atoms with Crippen LogP contribution in [-0.2, 0) is 4.79 Å². The highest BCUT2D eigenvalue weighted by Gasteiger charge is 2.28. The van der Waals surface area contributed by atoms with Gasteiger partial charge in [0.1, 0.15) is 5.75 Å². The number of rotatable bonds is 7. The predicted octanol–water partition coefficient (Wildman–Crippen LogP) is 4.14. The third-order valence-electron chi connectivity index (χ3n) is 4.94. The zero-order valence-electron chi connectivity index (χ0n) is 16.3. The number of halogens is 1. The molecule has 1 aliphatic heterocycles. The third kappa shape index (κ3) is 4.51. The maximum Gasteiger partial charge on any atom is 0.238 e. The molecule has 1 heterocycles. The van der Waals surface area contributed by atoms with Gasteiger partial charge in [0.05, 0.1) is 33.6 Å². The summed E-state index contributed by atoms with van der Waals surface area (Å²) in [4.78, 5) is 14.8. The fraction of sp³-hybridized carbons (Fsp3) is 0.381. The number of amides is 1. The molecule has 1 amide bonds. The van der Waals surface area contributed by atoms with Gasteiger partial charge in [-0.1, -0.05) is 17.7 Å². The van der Waals surface area contributed by atoms with Crippen molar-refractivity contribution in [2.24, 2.45) is 0 Å². The molecule has 0 bridgehead atoms. The Kier molecular flexibility index (Phi) is 6.65. The van der Waals surface area contributed by atoms with Crippen molar-refractivity contribution in [2.45, 2.75) is 18.9 Å². The molecule has 1 N–H and O–H groups in total. The molecule has 1 saturated heterocycles. The van der Waals surface area contributed by atoms with Crippen molar-refractivity contribution in [1.82, 2.24) is 4.90 Å². The molecule has 1 unspecified atom stereocenters. The molecular weight excluding hydrogens is 380 g/mol. The van der Waals surface area contributed by atoms with Gasteiger partial charge in [-0.05, 0) is 55.3 Å². The van der Waals surface area contributed by atoms with Crippen molar-refractivity contribution in [3.05, 3.63) is 47.0 Å². The molecule has 0 saturated carbocycles. The summed E-state index contributed by atoms with van der Waals surface area (Å²) in [6.07, 6.45) is 2.02. The Hall–Kier alpha value is -2.44. The van der Waals surface area contributed by atoms with Gasteiger partial charge >= 0.3 is 0 Å². The van der Waals surface area contributed by atoms with Crippen LogP contribution in [0.4, 0.5) is 5.69 Å². The number of ether oxygens (including phenoxy) is 3. The molecule has 6 nitrogen and oxygen atoms in total. The number of anilines is 1. The molecule has 1 fully saturated rings. The van der Waals surface area contributed by atoms with Crippen LogP contribution >= 0.6 is 11.6 Å². The van der Waals surface area contributed by atoms with Crippen LogP contribution in [-0.4, -0.2) is 45.2 Å². The Morgan fingerprint density at radius 1 is 1.07 bits per heavy atom. The number of hydrogen-bond acceptors (Lipinski definition) is 5. The largest absolute Gasteiger partial charge is 0.495 e. The highest BCUT2D eigenvalue weighted by molar-refractivity contribution is 6.31. The van der Waals surface area contributed by atoms with Crippen LogP contribution in [0.5, 0.6) is 17.2 Å². The molecule has 0 aliphatic carbocycles. The van der Waals surface area contributed by atoms with Gasteiger partial charge in [-0.15, -0.1) is 0 Å². The zero-order valence-corrected chi connectivity index (χ0v) is 17.1. The van der Waals surface area contributed by atoms with Crippen LogP contribution in [0.2, 0.25) is 5.02 Å². The Balaban J connectivity index is 1.72. The molecule has 3 rings (SSSR count). The average molecular weight is 405 g/mol. The molecule has 2 aromatic carbocycles. The monoisotopic (exact) mass is 404 g/mol. The summed E-state index contributed by atoms with van der Waals surface area (Å²) in [6, 6.07) is 11.2. The number of methoxy groups -OCH3 is 3.